The Hall–Kier alpha value is -1.88. The second-order valence-electron chi connectivity index (χ2n) is 5.58. The van der Waals surface area contributed by atoms with Crippen molar-refractivity contribution in [3.63, 3.8) is 0 Å². The molecule has 0 saturated heterocycles. The minimum Gasteiger partial charge on any atom is -0.383 e. The van der Waals surface area contributed by atoms with Crippen molar-refractivity contribution in [2.75, 3.05) is 18.6 Å². The first-order chi connectivity index (χ1) is 9.38. The first-order valence-corrected chi connectivity index (χ1v) is 6.62. The lowest BCUT2D eigenvalue weighted by molar-refractivity contribution is -0.124. The third kappa shape index (κ3) is 2.41. The number of rotatable bonds is 3. The summed E-state index contributed by atoms with van der Waals surface area (Å²) < 4.78 is 5.16. The Balaban J connectivity index is 2.57. The molecule has 0 radical (unpaired) electrons. The zero-order chi connectivity index (χ0) is 14.9. The number of amides is 2. The Kier molecular flexibility index (Phi) is 3.81. The van der Waals surface area contributed by atoms with Gasteiger partial charge >= 0.3 is 0 Å². The Morgan fingerprint density at radius 1 is 1.30 bits per heavy atom. The monoisotopic (exact) mass is 276 g/mol. The van der Waals surface area contributed by atoms with E-state index in [2.05, 4.69) is 5.32 Å². The van der Waals surface area contributed by atoms with Crippen LogP contribution in [0.2, 0.25) is 0 Å². The number of carbonyl (C=O) groups excluding carboxylic acids is 2. The van der Waals surface area contributed by atoms with Crippen molar-refractivity contribution in [1.82, 2.24) is 5.32 Å². The molecule has 2 rings (SSSR count). The van der Waals surface area contributed by atoms with E-state index < -0.39 is 5.54 Å². The lowest BCUT2D eigenvalue weighted by Gasteiger charge is -2.33. The molecule has 0 aromatic heterocycles. The van der Waals surface area contributed by atoms with Crippen LogP contribution in [0, 0.1) is 0 Å². The van der Waals surface area contributed by atoms with Crippen molar-refractivity contribution in [3.8, 4) is 0 Å². The van der Waals surface area contributed by atoms with E-state index >= 15 is 0 Å². The van der Waals surface area contributed by atoms with Gasteiger partial charge in [-0.25, -0.2) is 0 Å². The summed E-state index contributed by atoms with van der Waals surface area (Å²) in [4.78, 5) is 26.7. The molecule has 0 bridgehead atoms. The van der Waals surface area contributed by atoms with Crippen LogP contribution in [-0.4, -0.2) is 37.1 Å². The number of carbonyl (C=O) groups is 2. The van der Waals surface area contributed by atoms with Crippen LogP contribution in [-0.2, 0) is 9.53 Å². The van der Waals surface area contributed by atoms with Crippen LogP contribution in [0.4, 0.5) is 5.69 Å². The number of nitrogens with one attached hydrogen (secondary N) is 1. The number of anilines is 1. The smallest absolute Gasteiger partial charge is 0.254 e. The van der Waals surface area contributed by atoms with E-state index in [0.717, 1.165) is 0 Å². The van der Waals surface area contributed by atoms with Crippen LogP contribution in [0.15, 0.2) is 24.3 Å². The maximum Gasteiger partial charge on any atom is 0.254 e. The predicted molar refractivity (Wildman–Crippen MR) is 76.8 cm³/mol. The number of para-hydroxylation sites is 1. The van der Waals surface area contributed by atoms with Crippen LogP contribution >= 0.6 is 0 Å². The lowest BCUT2D eigenvalue weighted by Crippen LogP contribution is -2.56. The molecule has 20 heavy (non-hydrogen) atoms. The molecule has 1 atom stereocenters. The topological polar surface area (TPSA) is 58.6 Å². The number of hydrogen-bond acceptors (Lipinski definition) is 3. The van der Waals surface area contributed by atoms with Crippen molar-refractivity contribution in [3.05, 3.63) is 29.8 Å². The van der Waals surface area contributed by atoms with Crippen LogP contribution in [0.25, 0.3) is 0 Å². The van der Waals surface area contributed by atoms with E-state index in [1.54, 1.807) is 44.1 Å². The Morgan fingerprint density at radius 2 is 1.95 bits per heavy atom. The quantitative estimate of drug-likeness (QED) is 0.911. The van der Waals surface area contributed by atoms with E-state index in [0.29, 0.717) is 17.9 Å². The summed E-state index contributed by atoms with van der Waals surface area (Å²) in [7, 11) is 1.60. The van der Waals surface area contributed by atoms with Gasteiger partial charge in [0.05, 0.1) is 23.9 Å². The Bertz CT molecular complexity index is 540. The van der Waals surface area contributed by atoms with Crippen molar-refractivity contribution in [2.24, 2.45) is 0 Å². The van der Waals surface area contributed by atoms with Gasteiger partial charge in [0.25, 0.3) is 11.8 Å². The lowest BCUT2D eigenvalue weighted by atomic mass is 10.0. The van der Waals surface area contributed by atoms with Gasteiger partial charge < -0.3 is 15.0 Å². The highest BCUT2D eigenvalue weighted by Crippen LogP contribution is 2.29. The zero-order valence-electron chi connectivity index (χ0n) is 12.3. The fourth-order valence-electron chi connectivity index (χ4n) is 2.44. The number of methoxy groups -OCH3 is 1. The van der Waals surface area contributed by atoms with Gasteiger partial charge in [-0.05, 0) is 32.9 Å². The van der Waals surface area contributed by atoms with E-state index in [-0.39, 0.29) is 17.9 Å². The molecule has 5 heteroatoms. The average Bonchev–Trinajstić information content (AvgIpc) is 2.45. The molecule has 1 unspecified atom stereocenters. The first kappa shape index (κ1) is 14.5. The third-order valence-electron chi connectivity index (χ3n) is 3.44. The highest BCUT2D eigenvalue weighted by atomic mass is 16.5. The van der Waals surface area contributed by atoms with Gasteiger partial charge in [0.1, 0.15) is 5.54 Å². The molecule has 1 aromatic rings. The van der Waals surface area contributed by atoms with E-state index in [1.165, 1.54) is 0 Å². The molecule has 2 amide bonds. The third-order valence-corrected chi connectivity index (χ3v) is 3.44. The molecular weight excluding hydrogens is 256 g/mol. The van der Waals surface area contributed by atoms with E-state index in [4.69, 9.17) is 4.74 Å². The molecular formula is C15H20N2O3. The van der Waals surface area contributed by atoms with Crippen molar-refractivity contribution >= 4 is 17.5 Å². The predicted octanol–water partition coefficient (Wildman–Crippen LogP) is 1.58. The summed E-state index contributed by atoms with van der Waals surface area (Å²) in [6, 6.07) is 6.98. The maximum atomic E-state index is 12.7. The van der Waals surface area contributed by atoms with Gasteiger partial charge in [0, 0.05) is 7.11 Å². The number of benzene rings is 1. The standard InChI is InChI=1S/C15H20N2O3/c1-10(9-20-4)17-12-8-6-5-7-11(12)13(18)16-15(2,3)14(17)19/h5-8,10H,9H2,1-4H3,(H,16,18). The normalized spacial score (nSPS) is 19.1. The molecule has 0 aliphatic carbocycles. The first-order valence-electron chi connectivity index (χ1n) is 6.62. The summed E-state index contributed by atoms with van der Waals surface area (Å²) in [5.41, 5.74) is 0.192. The Labute approximate surface area is 118 Å². The molecule has 1 N–H and O–H groups in total. The minimum absolute atomic E-state index is 0.139. The van der Waals surface area contributed by atoms with Crippen LogP contribution in [0.3, 0.4) is 0 Å². The van der Waals surface area contributed by atoms with Crippen molar-refractivity contribution in [2.45, 2.75) is 32.4 Å². The summed E-state index contributed by atoms with van der Waals surface area (Å²) in [5.74, 6) is -0.369. The number of fused-ring (bicyclic) bond motifs is 1. The van der Waals surface area contributed by atoms with Crippen molar-refractivity contribution < 1.29 is 14.3 Å². The molecule has 1 aliphatic heterocycles. The number of nitrogens with zero attached hydrogens (tertiary/aromatic N) is 1. The van der Waals surface area contributed by atoms with Crippen LogP contribution in [0.1, 0.15) is 31.1 Å². The van der Waals surface area contributed by atoms with Gasteiger partial charge in [-0.2, -0.15) is 0 Å². The zero-order valence-corrected chi connectivity index (χ0v) is 12.3. The van der Waals surface area contributed by atoms with Gasteiger partial charge in [-0.1, -0.05) is 12.1 Å². The largest absolute Gasteiger partial charge is 0.383 e. The fourth-order valence-corrected chi connectivity index (χ4v) is 2.44. The van der Waals surface area contributed by atoms with E-state index in [1.807, 2.05) is 13.0 Å². The van der Waals surface area contributed by atoms with Crippen molar-refractivity contribution in [1.29, 1.82) is 0 Å². The fraction of sp³-hybridized carbons (Fsp3) is 0.467. The second-order valence-corrected chi connectivity index (χ2v) is 5.58. The number of ether oxygens (including phenoxy) is 1. The second kappa shape index (κ2) is 5.25. The highest BCUT2D eigenvalue weighted by molar-refractivity contribution is 6.12. The molecule has 5 nitrogen and oxygen atoms in total. The molecule has 0 saturated carbocycles. The molecule has 1 heterocycles. The SMILES string of the molecule is COCC(C)N1C(=O)C(C)(C)NC(=O)c2ccccc21. The van der Waals surface area contributed by atoms with Gasteiger partial charge in [0.2, 0.25) is 0 Å². The number of hydrogen-bond donors (Lipinski definition) is 1. The summed E-state index contributed by atoms with van der Waals surface area (Å²) in [6.07, 6.45) is 0. The molecule has 1 aromatic carbocycles. The highest BCUT2D eigenvalue weighted by Gasteiger charge is 2.40. The summed E-state index contributed by atoms with van der Waals surface area (Å²) in [6.45, 7) is 5.74. The van der Waals surface area contributed by atoms with Crippen LogP contribution in [0.5, 0.6) is 0 Å². The van der Waals surface area contributed by atoms with Crippen LogP contribution < -0.4 is 10.2 Å². The van der Waals surface area contributed by atoms with Gasteiger partial charge in [0.15, 0.2) is 0 Å². The Morgan fingerprint density at radius 3 is 2.60 bits per heavy atom. The summed E-state index contributed by atoms with van der Waals surface area (Å²) in [5, 5.41) is 2.78. The molecule has 0 spiro atoms. The minimum atomic E-state index is -0.946. The maximum absolute atomic E-state index is 12.7. The average molecular weight is 276 g/mol. The molecule has 108 valence electrons. The van der Waals surface area contributed by atoms with Gasteiger partial charge in [-0.3, -0.25) is 9.59 Å². The summed E-state index contributed by atoms with van der Waals surface area (Å²) >= 11 is 0. The molecule has 1 aliphatic rings. The van der Waals surface area contributed by atoms with Gasteiger partial charge in [-0.15, -0.1) is 0 Å². The molecule has 0 fully saturated rings. The van der Waals surface area contributed by atoms with E-state index in [9.17, 15) is 9.59 Å².